The fourth-order valence-corrected chi connectivity index (χ4v) is 2.50. The van der Waals surface area contributed by atoms with Crippen molar-refractivity contribution < 1.29 is 4.79 Å². The maximum atomic E-state index is 12.1. The summed E-state index contributed by atoms with van der Waals surface area (Å²) in [6.07, 6.45) is 12.4. The van der Waals surface area contributed by atoms with Gasteiger partial charge in [-0.05, 0) is 25.3 Å². The molecule has 124 valence electrons. The van der Waals surface area contributed by atoms with Gasteiger partial charge in [-0.2, -0.15) is 0 Å². The summed E-state index contributed by atoms with van der Waals surface area (Å²) >= 11 is 0. The van der Waals surface area contributed by atoms with Crippen molar-refractivity contribution in [3.63, 3.8) is 0 Å². The minimum absolute atomic E-state index is 0.0443. The Balaban J connectivity index is 4.47. The number of carbonyl (C=O) groups excluding carboxylic acids is 1. The van der Waals surface area contributed by atoms with E-state index in [0.717, 1.165) is 26.1 Å². The van der Waals surface area contributed by atoms with Crippen LogP contribution < -0.4 is 0 Å². The van der Waals surface area contributed by atoms with Crippen LogP contribution in [0.25, 0.3) is 0 Å². The molecule has 0 aliphatic carbocycles. The minimum Gasteiger partial charge on any atom is -0.272 e. The number of amides is 1. The van der Waals surface area contributed by atoms with Crippen molar-refractivity contribution in [3.05, 3.63) is 12.7 Å². The summed E-state index contributed by atoms with van der Waals surface area (Å²) in [6.45, 7) is 13.0. The van der Waals surface area contributed by atoms with Gasteiger partial charge in [0.1, 0.15) is 0 Å². The lowest BCUT2D eigenvalue weighted by atomic mass is 10.2. The lowest BCUT2D eigenvalue weighted by Gasteiger charge is -2.34. The number of hydrazine groups is 1. The van der Waals surface area contributed by atoms with Gasteiger partial charge < -0.3 is 0 Å². The molecule has 0 aliphatic rings. The van der Waals surface area contributed by atoms with Crippen LogP contribution in [0.4, 0.5) is 0 Å². The summed E-state index contributed by atoms with van der Waals surface area (Å²) in [5.41, 5.74) is 0. The van der Waals surface area contributed by atoms with Gasteiger partial charge in [-0.3, -0.25) is 9.80 Å². The number of nitrogens with zero attached hydrogens (tertiary/aromatic N) is 2. The molecule has 0 aliphatic heterocycles. The lowest BCUT2D eigenvalue weighted by molar-refractivity contribution is -0.144. The van der Waals surface area contributed by atoms with Crippen LogP contribution in [0, 0.1) is 0 Å². The molecular formula is C18H36N2O. The van der Waals surface area contributed by atoms with E-state index in [9.17, 15) is 4.79 Å². The van der Waals surface area contributed by atoms with Crippen molar-refractivity contribution in [1.82, 2.24) is 10.0 Å². The number of hydrogen-bond donors (Lipinski definition) is 0. The molecule has 3 nitrogen and oxygen atoms in total. The zero-order valence-corrected chi connectivity index (χ0v) is 14.6. The number of carbonyl (C=O) groups is 1. The quantitative estimate of drug-likeness (QED) is 0.261. The summed E-state index contributed by atoms with van der Waals surface area (Å²) in [4.78, 5) is 12.1. The molecule has 0 spiro atoms. The third kappa shape index (κ3) is 9.67. The molecule has 0 aromatic carbocycles. The fourth-order valence-electron chi connectivity index (χ4n) is 2.50. The molecule has 21 heavy (non-hydrogen) atoms. The second-order valence-corrected chi connectivity index (χ2v) is 5.74. The van der Waals surface area contributed by atoms with E-state index in [1.807, 2.05) is 5.01 Å². The minimum atomic E-state index is 0.0443. The van der Waals surface area contributed by atoms with Crippen LogP contribution in [0.15, 0.2) is 12.7 Å². The van der Waals surface area contributed by atoms with Crippen molar-refractivity contribution in [2.45, 2.75) is 78.6 Å². The summed E-state index contributed by atoms with van der Waals surface area (Å²) in [7, 11) is 0. The van der Waals surface area contributed by atoms with E-state index in [1.165, 1.54) is 57.4 Å². The highest BCUT2D eigenvalue weighted by atomic mass is 16.2. The first kappa shape index (κ1) is 20.2. The van der Waals surface area contributed by atoms with E-state index < -0.39 is 0 Å². The second-order valence-electron chi connectivity index (χ2n) is 5.74. The van der Waals surface area contributed by atoms with Crippen LogP contribution >= 0.6 is 0 Å². The van der Waals surface area contributed by atoms with Gasteiger partial charge in [0.05, 0.1) is 0 Å². The Labute approximate surface area is 132 Å². The van der Waals surface area contributed by atoms with E-state index in [2.05, 4.69) is 32.4 Å². The zero-order valence-electron chi connectivity index (χ0n) is 14.6. The smallest absolute Gasteiger partial charge is 0.260 e. The van der Waals surface area contributed by atoms with Gasteiger partial charge in [0.25, 0.3) is 5.91 Å². The average molecular weight is 296 g/mol. The molecular weight excluding hydrogens is 260 g/mol. The zero-order chi connectivity index (χ0) is 15.9. The highest BCUT2D eigenvalue weighted by molar-refractivity contribution is 5.86. The molecule has 0 rings (SSSR count). The summed E-state index contributed by atoms with van der Waals surface area (Å²) in [6, 6.07) is 0. The van der Waals surface area contributed by atoms with Crippen LogP contribution in [0.1, 0.15) is 78.6 Å². The number of hydrogen-bond acceptors (Lipinski definition) is 2. The first-order chi connectivity index (χ1) is 10.2. The van der Waals surface area contributed by atoms with E-state index in [0.29, 0.717) is 0 Å². The summed E-state index contributed by atoms with van der Waals surface area (Å²) in [5, 5.41) is 4.17. The van der Waals surface area contributed by atoms with E-state index in [-0.39, 0.29) is 5.91 Å². The highest BCUT2D eigenvalue weighted by Gasteiger charge is 2.17. The van der Waals surface area contributed by atoms with Gasteiger partial charge in [0.15, 0.2) is 0 Å². The van der Waals surface area contributed by atoms with Gasteiger partial charge in [-0.1, -0.05) is 65.9 Å². The predicted octanol–water partition coefficient (Wildman–Crippen LogP) is 4.79. The molecule has 0 saturated carbocycles. The van der Waals surface area contributed by atoms with E-state index >= 15 is 0 Å². The highest BCUT2D eigenvalue weighted by Crippen LogP contribution is 2.09. The summed E-state index contributed by atoms with van der Waals surface area (Å²) < 4.78 is 0. The largest absolute Gasteiger partial charge is 0.272 e. The van der Waals surface area contributed by atoms with E-state index in [1.54, 1.807) is 0 Å². The van der Waals surface area contributed by atoms with Gasteiger partial charge in [0.2, 0.25) is 0 Å². The molecule has 0 fully saturated rings. The van der Waals surface area contributed by atoms with Crippen molar-refractivity contribution in [2.24, 2.45) is 0 Å². The molecule has 0 aromatic heterocycles. The molecule has 1 amide bonds. The molecule has 0 radical (unpaired) electrons. The lowest BCUT2D eigenvalue weighted by Crippen LogP contribution is -2.47. The average Bonchev–Trinajstić information content (AvgIpc) is 2.50. The van der Waals surface area contributed by atoms with Gasteiger partial charge in [-0.25, -0.2) is 5.01 Å². The standard InChI is InChI=1S/C18H36N2O/c1-5-9-11-13-16-19(17-14-12-10-6-2)20(15-7-3)18(21)8-4/h8H,4-7,9-17H2,1-3H3. The van der Waals surface area contributed by atoms with Gasteiger partial charge in [-0.15, -0.1) is 0 Å². The topological polar surface area (TPSA) is 23.6 Å². The summed E-state index contributed by atoms with van der Waals surface area (Å²) in [5.74, 6) is 0.0443. The Hall–Kier alpha value is -0.830. The molecule has 0 unspecified atom stereocenters. The molecule has 0 atom stereocenters. The van der Waals surface area contributed by atoms with Crippen LogP contribution in [0.3, 0.4) is 0 Å². The SMILES string of the molecule is C=CC(=O)N(CCC)N(CCCCCC)CCCCCC. The fraction of sp³-hybridized carbons (Fsp3) is 0.833. The number of rotatable bonds is 14. The monoisotopic (exact) mass is 296 g/mol. The van der Waals surface area contributed by atoms with Crippen LogP contribution in [-0.2, 0) is 4.79 Å². The number of unbranched alkanes of at least 4 members (excludes halogenated alkanes) is 6. The van der Waals surface area contributed by atoms with Crippen molar-refractivity contribution >= 4 is 5.91 Å². The van der Waals surface area contributed by atoms with Crippen molar-refractivity contribution in [3.8, 4) is 0 Å². The molecule has 0 bridgehead atoms. The Kier molecular flexibility index (Phi) is 13.6. The van der Waals surface area contributed by atoms with E-state index in [4.69, 9.17) is 0 Å². The Morgan fingerprint density at radius 2 is 1.33 bits per heavy atom. The van der Waals surface area contributed by atoms with Crippen LogP contribution in [0.2, 0.25) is 0 Å². The maximum absolute atomic E-state index is 12.1. The Bertz CT molecular complexity index is 254. The Morgan fingerprint density at radius 3 is 1.71 bits per heavy atom. The molecule has 0 heterocycles. The van der Waals surface area contributed by atoms with Crippen LogP contribution in [-0.4, -0.2) is 35.6 Å². The van der Waals surface area contributed by atoms with Gasteiger partial charge in [0, 0.05) is 19.6 Å². The molecule has 0 aromatic rings. The molecule has 0 N–H and O–H groups in total. The maximum Gasteiger partial charge on any atom is 0.260 e. The predicted molar refractivity (Wildman–Crippen MR) is 92.1 cm³/mol. The normalized spacial score (nSPS) is 10.9. The third-order valence-electron chi connectivity index (χ3n) is 3.75. The first-order valence-corrected chi connectivity index (χ1v) is 8.89. The second kappa shape index (κ2) is 14.1. The van der Waals surface area contributed by atoms with Crippen molar-refractivity contribution in [2.75, 3.05) is 19.6 Å². The first-order valence-electron chi connectivity index (χ1n) is 8.89. The van der Waals surface area contributed by atoms with Crippen molar-refractivity contribution in [1.29, 1.82) is 0 Å². The Morgan fingerprint density at radius 1 is 0.810 bits per heavy atom. The van der Waals surface area contributed by atoms with Gasteiger partial charge >= 0.3 is 0 Å². The third-order valence-corrected chi connectivity index (χ3v) is 3.75. The molecule has 0 saturated heterocycles. The van der Waals surface area contributed by atoms with Crippen LogP contribution in [0.5, 0.6) is 0 Å². The molecule has 3 heteroatoms.